The average molecular weight is 259 g/mol. The molecule has 0 spiro atoms. The fraction of sp³-hybridized carbons (Fsp3) is 0.300. The van der Waals surface area contributed by atoms with Crippen LogP contribution >= 0.6 is 15.9 Å². The van der Waals surface area contributed by atoms with E-state index >= 15 is 0 Å². The third kappa shape index (κ3) is 1.54. The van der Waals surface area contributed by atoms with Crippen molar-refractivity contribution >= 4 is 21.9 Å². The van der Waals surface area contributed by atoms with E-state index in [4.69, 9.17) is 4.74 Å². The summed E-state index contributed by atoms with van der Waals surface area (Å²) in [6.45, 7) is 1.78. The Kier molecular flexibility index (Phi) is 2.31. The summed E-state index contributed by atoms with van der Waals surface area (Å²) in [5, 5.41) is 0. The van der Waals surface area contributed by atoms with E-state index in [1.165, 1.54) is 12.1 Å². The number of carbonyl (C=O) groups excluding carboxylic acids is 1. The van der Waals surface area contributed by atoms with Gasteiger partial charge >= 0.3 is 5.97 Å². The van der Waals surface area contributed by atoms with Gasteiger partial charge in [-0.3, -0.25) is 4.79 Å². The Balaban J connectivity index is 2.58. The lowest BCUT2D eigenvalue weighted by atomic mass is 9.98. The molecule has 1 aliphatic heterocycles. The van der Waals surface area contributed by atoms with Gasteiger partial charge in [-0.2, -0.15) is 0 Å². The van der Waals surface area contributed by atoms with E-state index in [0.717, 1.165) is 5.56 Å². The molecule has 0 N–H and O–H groups in total. The van der Waals surface area contributed by atoms with Gasteiger partial charge in [-0.1, -0.05) is 15.9 Å². The predicted molar refractivity (Wildman–Crippen MR) is 52.3 cm³/mol. The number of hydrogen-bond acceptors (Lipinski definition) is 2. The molecule has 1 aromatic rings. The molecule has 2 nitrogen and oxygen atoms in total. The summed E-state index contributed by atoms with van der Waals surface area (Å²) in [5.41, 5.74) is 1.58. The number of esters is 1. The molecule has 1 aromatic carbocycles. The van der Waals surface area contributed by atoms with Crippen LogP contribution in [0.4, 0.5) is 4.39 Å². The summed E-state index contributed by atoms with van der Waals surface area (Å²) in [7, 11) is 0. The van der Waals surface area contributed by atoms with Gasteiger partial charge in [-0.05, 0) is 24.6 Å². The SMILES string of the molecule is CC1OC(=O)Cc2cc(F)cc(Br)c21. The number of hydrogen-bond donors (Lipinski definition) is 0. The second kappa shape index (κ2) is 3.35. The van der Waals surface area contributed by atoms with Crippen molar-refractivity contribution in [3.8, 4) is 0 Å². The van der Waals surface area contributed by atoms with E-state index in [1.54, 1.807) is 6.92 Å². The molecule has 0 saturated heterocycles. The molecule has 1 heterocycles. The van der Waals surface area contributed by atoms with Crippen LogP contribution in [0.5, 0.6) is 0 Å². The molecular formula is C10H8BrFO2. The van der Waals surface area contributed by atoms with Crippen LogP contribution in [-0.4, -0.2) is 5.97 Å². The summed E-state index contributed by atoms with van der Waals surface area (Å²) in [6.07, 6.45) is -0.156. The number of cyclic esters (lactones) is 1. The summed E-state index contributed by atoms with van der Waals surface area (Å²) in [4.78, 5) is 11.1. The lowest BCUT2D eigenvalue weighted by Crippen LogP contribution is -2.20. The summed E-state index contributed by atoms with van der Waals surface area (Å²) < 4.78 is 18.7. The van der Waals surface area contributed by atoms with Gasteiger partial charge in [-0.15, -0.1) is 0 Å². The molecule has 14 heavy (non-hydrogen) atoms. The number of benzene rings is 1. The van der Waals surface area contributed by atoms with Crippen molar-refractivity contribution in [3.63, 3.8) is 0 Å². The minimum Gasteiger partial charge on any atom is -0.457 e. The minimum absolute atomic E-state index is 0.149. The zero-order valence-electron chi connectivity index (χ0n) is 7.51. The smallest absolute Gasteiger partial charge is 0.310 e. The fourth-order valence-electron chi connectivity index (χ4n) is 1.69. The molecule has 1 aliphatic rings. The van der Waals surface area contributed by atoms with Gasteiger partial charge in [0.2, 0.25) is 0 Å². The quantitative estimate of drug-likeness (QED) is 0.669. The van der Waals surface area contributed by atoms with E-state index in [-0.39, 0.29) is 24.3 Å². The van der Waals surface area contributed by atoms with Crippen LogP contribution < -0.4 is 0 Å². The van der Waals surface area contributed by atoms with Crippen LogP contribution in [0.25, 0.3) is 0 Å². The Bertz CT molecular complexity index is 403. The zero-order valence-corrected chi connectivity index (χ0v) is 9.10. The molecule has 0 radical (unpaired) electrons. The number of fused-ring (bicyclic) bond motifs is 1. The number of ether oxygens (including phenoxy) is 1. The third-order valence-electron chi connectivity index (χ3n) is 2.23. The summed E-state index contributed by atoms with van der Waals surface area (Å²) in [6, 6.07) is 2.77. The maximum atomic E-state index is 13.0. The predicted octanol–water partition coefficient (Wildman–Crippen LogP) is 2.75. The van der Waals surface area contributed by atoms with Gasteiger partial charge in [-0.25, -0.2) is 4.39 Å². The monoisotopic (exact) mass is 258 g/mol. The highest BCUT2D eigenvalue weighted by Gasteiger charge is 2.25. The van der Waals surface area contributed by atoms with Crippen molar-refractivity contribution in [2.45, 2.75) is 19.4 Å². The molecule has 0 aliphatic carbocycles. The Morgan fingerprint density at radius 3 is 3.00 bits per heavy atom. The Labute approximate surface area is 89.2 Å². The molecule has 1 atom stereocenters. The van der Waals surface area contributed by atoms with Crippen LogP contribution in [0.3, 0.4) is 0 Å². The van der Waals surface area contributed by atoms with Gasteiger partial charge in [0.05, 0.1) is 6.42 Å². The molecule has 0 amide bonds. The molecule has 74 valence electrons. The number of carbonyl (C=O) groups is 1. The first-order valence-electron chi connectivity index (χ1n) is 4.25. The van der Waals surface area contributed by atoms with Crippen molar-refractivity contribution in [3.05, 3.63) is 33.5 Å². The first kappa shape index (κ1) is 9.65. The Hall–Kier alpha value is -0.900. The third-order valence-corrected chi connectivity index (χ3v) is 2.89. The van der Waals surface area contributed by atoms with Crippen molar-refractivity contribution in [1.82, 2.24) is 0 Å². The van der Waals surface area contributed by atoms with E-state index < -0.39 is 0 Å². The molecule has 0 bridgehead atoms. The van der Waals surface area contributed by atoms with Crippen LogP contribution in [0.2, 0.25) is 0 Å². The van der Waals surface area contributed by atoms with E-state index in [2.05, 4.69) is 15.9 Å². The first-order chi connectivity index (χ1) is 6.58. The topological polar surface area (TPSA) is 26.3 Å². The van der Waals surface area contributed by atoms with E-state index in [1.807, 2.05) is 0 Å². The maximum absolute atomic E-state index is 13.0. The van der Waals surface area contributed by atoms with Crippen LogP contribution in [0, 0.1) is 5.82 Å². The molecule has 0 aromatic heterocycles. The highest BCUT2D eigenvalue weighted by Crippen LogP contribution is 2.34. The maximum Gasteiger partial charge on any atom is 0.310 e. The molecular weight excluding hydrogens is 251 g/mol. The molecule has 2 rings (SSSR count). The van der Waals surface area contributed by atoms with Gasteiger partial charge < -0.3 is 4.74 Å². The van der Waals surface area contributed by atoms with Crippen molar-refractivity contribution in [1.29, 1.82) is 0 Å². The largest absolute Gasteiger partial charge is 0.457 e. The lowest BCUT2D eigenvalue weighted by Gasteiger charge is -2.23. The van der Waals surface area contributed by atoms with Crippen LogP contribution in [0.15, 0.2) is 16.6 Å². The van der Waals surface area contributed by atoms with Crippen molar-refractivity contribution < 1.29 is 13.9 Å². The summed E-state index contributed by atoms with van der Waals surface area (Å²) >= 11 is 3.26. The fourth-order valence-corrected chi connectivity index (χ4v) is 2.49. The second-order valence-corrected chi connectivity index (χ2v) is 4.12. The highest BCUT2D eigenvalue weighted by molar-refractivity contribution is 9.10. The van der Waals surface area contributed by atoms with Gasteiger partial charge in [0, 0.05) is 10.0 Å². The van der Waals surface area contributed by atoms with Crippen molar-refractivity contribution in [2.75, 3.05) is 0 Å². The second-order valence-electron chi connectivity index (χ2n) is 3.27. The van der Waals surface area contributed by atoms with Crippen LogP contribution in [0.1, 0.15) is 24.2 Å². The molecule has 0 saturated carbocycles. The molecule has 1 unspecified atom stereocenters. The summed E-state index contributed by atoms with van der Waals surface area (Å²) in [5.74, 6) is -0.639. The van der Waals surface area contributed by atoms with E-state index in [9.17, 15) is 9.18 Å². The normalized spacial score (nSPS) is 20.2. The number of halogens is 2. The van der Waals surface area contributed by atoms with Crippen LogP contribution in [-0.2, 0) is 16.0 Å². The Morgan fingerprint density at radius 2 is 2.29 bits per heavy atom. The van der Waals surface area contributed by atoms with E-state index in [0.29, 0.717) is 10.0 Å². The van der Waals surface area contributed by atoms with Crippen molar-refractivity contribution in [2.24, 2.45) is 0 Å². The van der Waals surface area contributed by atoms with Gasteiger partial charge in [0.1, 0.15) is 11.9 Å². The average Bonchev–Trinajstić information content (AvgIpc) is 1.99. The van der Waals surface area contributed by atoms with Gasteiger partial charge in [0.25, 0.3) is 0 Å². The Morgan fingerprint density at radius 1 is 1.57 bits per heavy atom. The minimum atomic E-state index is -0.336. The standard InChI is InChI=1S/C10H8BrFO2/c1-5-10-6(3-9(13)14-5)2-7(12)4-8(10)11/h2,4-5H,3H2,1H3. The zero-order chi connectivity index (χ0) is 10.3. The van der Waals surface area contributed by atoms with Gasteiger partial charge in [0.15, 0.2) is 0 Å². The molecule has 0 fully saturated rings. The molecule has 4 heteroatoms. The number of rotatable bonds is 0. The lowest BCUT2D eigenvalue weighted by molar-refractivity contribution is -0.149. The first-order valence-corrected chi connectivity index (χ1v) is 5.04. The highest BCUT2D eigenvalue weighted by atomic mass is 79.9.